The fourth-order valence-electron chi connectivity index (χ4n) is 2.16. The van der Waals surface area contributed by atoms with E-state index in [2.05, 4.69) is 0 Å². The van der Waals surface area contributed by atoms with Gasteiger partial charge in [0.1, 0.15) is 0 Å². The number of hydrogen-bond acceptors (Lipinski definition) is 8. The molecular formula is C13H20O8. The number of rotatable bonds is 4. The largest absolute Gasteiger partial charge is 0.456 e. The monoisotopic (exact) mass is 304 g/mol. The molecule has 1 heterocycles. The predicted octanol–water partition coefficient (Wildman–Crippen LogP) is 0.173. The molecule has 1 rings (SSSR count). The van der Waals surface area contributed by atoms with Crippen molar-refractivity contribution >= 4 is 17.9 Å². The Morgan fingerprint density at radius 2 is 1.24 bits per heavy atom. The lowest BCUT2D eigenvalue weighted by atomic mass is 9.99. The van der Waals surface area contributed by atoms with E-state index in [1.165, 1.54) is 27.9 Å². The summed E-state index contributed by atoms with van der Waals surface area (Å²) in [6.45, 7) is 5.27. The Labute approximate surface area is 122 Å². The van der Waals surface area contributed by atoms with Crippen molar-refractivity contribution < 1.29 is 38.1 Å². The van der Waals surface area contributed by atoms with Gasteiger partial charge in [-0.2, -0.15) is 0 Å². The predicted molar refractivity (Wildman–Crippen MR) is 68.0 cm³/mol. The molecule has 8 nitrogen and oxygen atoms in total. The van der Waals surface area contributed by atoms with Crippen molar-refractivity contribution in [3.63, 3.8) is 0 Å². The average molecular weight is 304 g/mol. The van der Waals surface area contributed by atoms with Crippen LogP contribution < -0.4 is 0 Å². The molecule has 1 saturated heterocycles. The van der Waals surface area contributed by atoms with E-state index in [0.717, 1.165) is 0 Å². The van der Waals surface area contributed by atoms with E-state index in [-0.39, 0.29) is 0 Å². The second kappa shape index (κ2) is 7.37. The van der Waals surface area contributed by atoms with Crippen LogP contribution in [-0.2, 0) is 38.1 Å². The Balaban J connectivity index is 3.08. The number of hydrogen-bond donors (Lipinski definition) is 0. The van der Waals surface area contributed by atoms with E-state index in [4.69, 9.17) is 23.7 Å². The molecule has 0 N–H and O–H groups in total. The number of esters is 3. The number of carbonyl (C=O) groups excluding carboxylic acids is 3. The fourth-order valence-corrected chi connectivity index (χ4v) is 2.16. The highest BCUT2D eigenvalue weighted by atomic mass is 16.7. The molecule has 0 spiro atoms. The number of carbonyl (C=O) groups is 3. The molecule has 120 valence electrons. The van der Waals surface area contributed by atoms with Crippen LogP contribution in [0.3, 0.4) is 0 Å². The SMILES string of the molecule is CO[C@H]1OC(C)[C@@H](OC(C)=O)[C@H](OC(C)=O)C1OC(C)=O. The second-order valence-corrected chi connectivity index (χ2v) is 4.67. The van der Waals surface area contributed by atoms with Crippen molar-refractivity contribution in [1.29, 1.82) is 0 Å². The summed E-state index contributed by atoms with van der Waals surface area (Å²) in [6.07, 6.45) is -4.47. The standard InChI is InChI=1S/C13H20O8/c1-6-10(19-7(2)14)11(20-8(3)15)12(21-9(4)16)13(17-5)18-6/h6,10-13H,1-5H3/t6?,10-,11+,12?,13+/m1/s1. The molecule has 1 fully saturated rings. The van der Waals surface area contributed by atoms with E-state index < -0.39 is 48.6 Å². The highest BCUT2D eigenvalue weighted by molar-refractivity contribution is 5.68. The molecule has 1 aliphatic rings. The van der Waals surface area contributed by atoms with Crippen molar-refractivity contribution in [2.24, 2.45) is 0 Å². The lowest BCUT2D eigenvalue weighted by Crippen LogP contribution is -2.60. The van der Waals surface area contributed by atoms with Gasteiger partial charge in [0.15, 0.2) is 24.6 Å². The van der Waals surface area contributed by atoms with Crippen molar-refractivity contribution in [3.8, 4) is 0 Å². The molecule has 0 bridgehead atoms. The minimum Gasteiger partial charge on any atom is -0.456 e. The second-order valence-electron chi connectivity index (χ2n) is 4.67. The summed E-state index contributed by atoms with van der Waals surface area (Å²) in [5.74, 6) is -1.76. The van der Waals surface area contributed by atoms with Gasteiger partial charge < -0.3 is 23.7 Å². The first-order valence-corrected chi connectivity index (χ1v) is 6.46. The number of methoxy groups -OCH3 is 1. The highest BCUT2D eigenvalue weighted by Crippen LogP contribution is 2.28. The van der Waals surface area contributed by atoms with Crippen molar-refractivity contribution in [1.82, 2.24) is 0 Å². The van der Waals surface area contributed by atoms with Gasteiger partial charge in [0.25, 0.3) is 0 Å². The van der Waals surface area contributed by atoms with Gasteiger partial charge >= 0.3 is 17.9 Å². The molecule has 5 atom stereocenters. The summed E-state index contributed by atoms with van der Waals surface area (Å²) in [4.78, 5) is 33.7. The zero-order valence-corrected chi connectivity index (χ0v) is 12.7. The smallest absolute Gasteiger partial charge is 0.303 e. The van der Waals surface area contributed by atoms with Gasteiger partial charge in [-0.05, 0) is 6.92 Å². The van der Waals surface area contributed by atoms with E-state index in [0.29, 0.717) is 0 Å². The molecule has 0 saturated carbocycles. The summed E-state index contributed by atoms with van der Waals surface area (Å²) in [5.41, 5.74) is 0. The van der Waals surface area contributed by atoms with Crippen LogP contribution in [0.5, 0.6) is 0 Å². The maximum Gasteiger partial charge on any atom is 0.303 e. The third-order valence-electron chi connectivity index (χ3n) is 2.87. The number of ether oxygens (including phenoxy) is 5. The summed E-state index contributed by atoms with van der Waals surface area (Å²) < 4.78 is 26.0. The molecule has 0 aromatic rings. The van der Waals surface area contributed by atoms with Crippen LogP contribution in [0.4, 0.5) is 0 Å². The zero-order valence-electron chi connectivity index (χ0n) is 12.7. The van der Waals surface area contributed by atoms with Crippen molar-refractivity contribution in [2.45, 2.75) is 58.4 Å². The molecular weight excluding hydrogens is 284 g/mol. The van der Waals surface area contributed by atoms with Crippen LogP contribution in [0, 0.1) is 0 Å². The van der Waals surface area contributed by atoms with Crippen LogP contribution in [0.25, 0.3) is 0 Å². The van der Waals surface area contributed by atoms with Gasteiger partial charge in [-0.15, -0.1) is 0 Å². The Kier molecular flexibility index (Phi) is 6.10. The average Bonchev–Trinajstić information content (AvgIpc) is 2.35. The summed E-state index contributed by atoms with van der Waals surface area (Å²) in [7, 11) is 1.37. The van der Waals surface area contributed by atoms with Gasteiger partial charge in [0.2, 0.25) is 0 Å². The van der Waals surface area contributed by atoms with Crippen molar-refractivity contribution in [3.05, 3.63) is 0 Å². The third kappa shape index (κ3) is 4.68. The first kappa shape index (κ1) is 17.4. The van der Waals surface area contributed by atoms with Gasteiger partial charge in [0, 0.05) is 27.9 Å². The zero-order chi connectivity index (χ0) is 16.2. The van der Waals surface area contributed by atoms with E-state index in [1.54, 1.807) is 6.92 Å². The highest BCUT2D eigenvalue weighted by Gasteiger charge is 2.50. The van der Waals surface area contributed by atoms with Crippen LogP contribution in [0.15, 0.2) is 0 Å². The lowest BCUT2D eigenvalue weighted by molar-refractivity contribution is -0.294. The van der Waals surface area contributed by atoms with Gasteiger partial charge in [-0.3, -0.25) is 14.4 Å². The summed E-state index contributed by atoms with van der Waals surface area (Å²) in [6, 6.07) is 0. The molecule has 0 amide bonds. The lowest BCUT2D eigenvalue weighted by Gasteiger charge is -2.42. The molecule has 0 aromatic carbocycles. The van der Waals surface area contributed by atoms with Crippen LogP contribution in [-0.4, -0.2) is 55.7 Å². The summed E-state index contributed by atoms with van der Waals surface area (Å²) in [5, 5.41) is 0. The fraction of sp³-hybridized carbons (Fsp3) is 0.769. The van der Waals surface area contributed by atoms with E-state index in [1.807, 2.05) is 0 Å². The maximum atomic E-state index is 11.3. The van der Waals surface area contributed by atoms with Gasteiger partial charge in [-0.1, -0.05) is 0 Å². The molecule has 2 unspecified atom stereocenters. The summed E-state index contributed by atoms with van der Waals surface area (Å²) >= 11 is 0. The first-order valence-electron chi connectivity index (χ1n) is 6.46. The Morgan fingerprint density at radius 1 is 0.810 bits per heavy atom. The van der Waals surface area contributed by atoms with Gasteiger partial charge in [-0.25, -0.2) is 0 Å². The Hall–Kier alpha value is -1.67. The minimum atomic E-state index is -1.03. The quantitative estimate of drug-likeness (QED) is 0.535. The van der Waals surface area contributed by atoms with Crippen LogP contribution in [0.2, 0.25) is 0 Å². The first-order chi connectivity index (χ1) is 9.76. The van der Waals surface area contributed by atoms with Crippen molar-refractivity contribution in [2.75, 3.05) is 7.11 Å². The maximum absolute atomic E-state index is 11.3. The minimum absolute atomic E-state index is 0.565. The molecule has 0 radical (unpaired) electrons. The van der Waals surface area contributed by atoms with Gasteiger partial charge in [0.05, 0.1) is 6.10 Å². The molecule has 0 aliphatic carbocycles. The third-order valence-corrected chi connectivity index (χ3v) is 2.87. The molecule has 21 heavy (non-hydrogen) atoms. The molecule has 0 aromatic heterocycles. The Bertz CT molecular complexity index is 407. The molecule has 1 aliphatic heterocycles. The van der Waals surface area contributed by atoms with E-state index >= 15 is 0 Å². The van der Waals surface area contributed by atoms with E-state index in [9.17, 15) is 14.4 Å². The topological polar surface area (TPSA) is 97.4 Å². The van der Waals surface area contributed by atoms with Crippen LogP contribution in [0.1, 0.15) is 27.7 Å². The normalized spacial score (nSPS) is 32.1. The van der Waals surface area contributed by atoms with Crippen LogP contribution >= 0.6 is 0 Å². The Morgan fingerprint density at radius 3 is 1.67 bits per heavy atom. The molecule has 8 heteroatoms.